The molecule has 136 valence electrons. The van der Waals surface area contributed by atoms with Crippen molar-refractivity contribution in [2.75, 3.05) is 24.4 Å². The van der Waals surface area contributed by atoms with Crippen molar-refractivity contribution < 1.29 is 14.3 Å². The molecule has 0 aliphatic carbocycles. The molecule has 1 N–H and O–H groups in total. The summed E-state index contributed by atoms with van der Waals surface area (Å²) in [6.45, 7) is 0. The molecular formula is C20H18N4O3. The molecule has 0 bridgehead atoms. The first-order valence-corrected chi connectivity index (χ1v) is 8.19. The molecule has 1 amide bonds. The van der Waals surface area contributed by atoms with Gasteiger partial charge in [-0.2, -0.15) is 0 Å². The lowest BCUT2D eigenvalue weighted by molar-refractivity contribution is 0.0600. The summed E-state index contributed by atoms with van der Waals surface area (Å²) in [7, 11) is 3.03. The molecule has 0 spiro atoms. The Hall–Kier alpha value is -3.74. The highest BCUT2D eigenvalue weighted by Crippen LogP contribution is 2.16. The quantitative estimate of drug-likeness (QED) is 0.701. The predicted octanol–water partition coefficient (Wildman–Crippen LogP) is 3.28. The van der Waals surface area contributed by atoms with Crippen LogP contribution in [0.4, 0.5) is 17.3 Å². The van der Waals surface area contributed by atoms with Crippen molar-refractivity contribution in [2.45, 2.75) is 0 Å². The molecule has 0 fully saturated rings. The third-order valence-electron chi connectivity index (χ3n) is 3.91. The van der Waals surface area contributed by atoms with Gasteiger partial charge in [-0.15, -0.1) is 0 Å². The van der Waals surface area contributed by atoms with Gasteiger partial charge >= 0.3 is 5.97 Å². The van der Waals surface area contributed by atoms with Crippen molar-refractivity contribution >= 4 is 29.2 Å². The van der Waals surface area contributed by atoms with Crippen LogP contribution in [0.2, 0.25) is 0 Å². The minimum Gasteiger partial charge on any atom is -0.465 e. The lowest BCUT2D eigenvalue weighted by Gasteiger charge is -2.17. The number of amides is 1. The fourth-order valence-electron chi connectivity index (χ4n) is 2.40. The van der Waals surface area contributed by atoms with E-state index in [1.54, 1.807) is 31.3 Å². The largest absolute Gasteiger partial charge is 0.465 e. The second-order valence-corrected chi connectivity index (χ2v) is 5.69. The fourth-order valence-corrected chi connectivity index (χ4v) is 2.40. The van der Waals surface area contributed by atoms with E-state index < -0.39 is 5.97 Å². The number of methoxy groups -OCH3 is 1. The van der Waals surface area contributed by atoms with E-state index in [4.69, 9.17) is 0 Å². The van der Waals surface area contributed by atoms with Crippen LogP contribution < -0.4 is 10.2 Å². The molecule has 0 unspecified atom stereocenters. The van der Waals surface area contributed by atoms with Crippen molar-refractivity contribution in [3.8, 4) is 0 Å². The maximum atomic E-state index is 12.5. The van der Waals surface area contributed by atoms with Crippen LogP contribution in [0.5, 0.6) is 0 Å². The van der Waals surface area contributed by atoms with Gasteiger partial charge in [-0.1, -0.05) is 18.2 Å². The topological polar surface area (TPSA) is 84.4 Å². The molecule has 3 rings (SSSR count). The van der Waals surface area contributed by atoms with Gasteiger partial charge in [0.2, 0.25) is 5.95 Å². The number of carbonyl (C=O) groups is 2. The Labute approximate surface area is 156 Å². The van der Waals surface area contributed by atoms with Crippen LogP contribution in [0.3, 0.4) is 0 Å². The van der Waals surface area contributed by atoms with Crippen LogP contribution >= 0.6 is 0 Å². The third-order valence-corrected chi connectivity index (χ3v) is 3.91. The van der Waals surface area contributed by atoms with Gasteiger partial charge in [-0.25, -0.2) is 14.8 Å². The zero-order chi connectivity index (χ0) is 19.2. The molecule has 1 heterocycles. The van der Waals surface area contributed by atoms with Gasteiger partial charge in [0.25, 0.3) is 5.91 Å². The van der Waals surface area contributed by atoms with E-state index in [1.807, 2.05) is 30.3 Å². The Kier molecular flexibility index (Phi) is 5.41. The minimum absolute atomic E-state index is 0.199. The summed E-state index contributed by atoms with van der Waals surface area (Å²) in [5, 5.41) is 3.02. The molecule has 0 aliphatic heterocycles. The normalized spacial score (nSPS) is 10.1. The number of benzene rings is 2. The van der Waals surface area contributed by atoms with Gasteiger partial charge < -0.3 is 15.0 Å². The Morgan fingerprint density at radius 2 is 1.56 bits per heavy atom. The summed E-state index contributed by atoms with van der Waals surface area (Å²) in [6.07, 6.45) is 2.94. The zero-order valence-corrected chi connectivity index (χ0v) is 14.9. The van der Waals surface area contributed by atoms with Crippen LogP contribution in [0.1, 0.15) is 20.7 Å². The molecule has 0 saturated carbocycles. The molecule has 27 heavy (non-hydrogen) atoms. The average Bonchev–Trinajstić information content (AvgIpc) is 2.74. The zero-order valence-electron chi connectivity index (χ0n) is 14.9. The summed E-state index contributed by atoms with van der Waals surface area (Å²) in [5.41, 5.74) is 2.33. The van der Waals surface area contributed by atoms with Crippen molar-refractivity contribution in [1.29, 1.82) is 0 Å². The highest BCUT2D eigenvalue weighted by molar-refractivity contribution is 6.05. The number of carbonyl (C=O) groups excluding carboxylic acids is 2. The Bertz CT molecular complexity index is 926. The van der Waals surface area contributed by atoms with E-state index >= 15 is 0 Å². The van der Waals surface area contributed by atoms with Crippen LogP contribution in [-0.2, 0) is 4.74 Å². The van der Waals surface area contributed by atoms with E-state index in [9.17, 15) is 9.59 Å². The van der Waals surface area contributed by atoms with Crippen LogP contribution in [-0.4, -0.2) is 36.0 Å². The first kappa shape index (κ1) is 18.1. The number of ether oxygens (including phenoxy) is 1. The fraction of sp³-hybridized carbons (Fsp3) is 0.100. The molecule has 7 nitrogen and oxygen atoms in total. The maximum Gasteiger partial charge on any atom is 0.337 e. The first-order valence-electron chi connectivity index (χ1n) is 8.19. The number of esters is 1. The lowest BCUT2D eigenvalue weighted by atomic mass is 10.2. The van der Waals surface area contributed by atoms with Gasteiger partial charge in [0.1, 0.15) is 0 Å². The SMILES string of the molecule is COC(=O)c1ccc(Nc2ncc(C(=O)N(C)c3ccccc3)cn2)cc1. The Morgan fingerprint density at radius 1 is 0.926 bits per heavy atom. The highest BCUT2D eigenvalue weighted by Gasteiger charge is 2.14. The summed E-state index contributed by atoms with van der Waals surface area (Å²) >= 11 is 0. The molecule has 0 saturated heterocycles. The number of aromatic nitrogens is 2. The molecule has 3 aromatic rings. The standard InChI is InChI=1S/C20H18N4O3/c1-24(17-6-4-3-5-7-17)18(25)15-12-21-20(22-13-15)23-16-10-8-14(9-11-16)19(26)27-2/h3-13H,1-2H3,(H,21,22,23). The smallest absolute Gasteiger partial charge is 0.337 e. The molecule has 0 radical (unpaired) electrons. The molecule has 0 aliphatic rings. The Morgan fingerprint density at radius 3 is 2.15 bits per heavy atom. The number of nitrogens with zero attached hydrogens (tertiary/aromatic N) is 3. The van der Waals surface area contributed by atoms with Crippen LogP contribution in [0.25, 0.3) is 0 Å². The molecule has 2 aromatic carbocycles. The van der Waals surface area contributed by atoms with Crippen molar-refractivity contribution in [3.63, 3.8) is 0 Å². The van der Waals surface area contributed by atoms with Crippen molar-refractivity contribution in [2.24, 2.45) is 0 Å². The van der Waals surface area contributed by atoms with Gasteiger partial charge in [0.05, 0.1) is 18.2 Å². The molecule has 1 aromatic heterocycles. The predicted molar refractivity (Wildman–Crippen MR) is 102 cm³/mol. The van der Waals surface area contributed by atoms with E-state index in [2.05, 4.69) is 20.0 Å². The summed E-state index contributed by atoms with van der Waals surface area (Å²) < 4.78 is 4.66. The summed E-state index contributed by atoms with van der Waals surface area (Å²) in [6, 6.07) is 16.1. The number of para-hydroxylation sites is 1. The monoisotopic (exact) mass is 362 g/mol. The van der Waals surface area contributed by atoms with E-state index in [0.29, 0.717) is 22.8 Å². The lowest BCUT2D eigenvalue weighted by Crippen LogP contribution is -2.26. The van der Waals surface area contributed by atoms with E-state index in [1.165, 1.54) is 24.4 Å². The summed E-state index contributed by atoms with van der Waals surface area (Å²) in [4.78, 5) is 33.9. The Balaban J connectivity index is 1.68. The minimum atomic E-state index is -0.400. The van der Waals surface area contributed by atoms with Crippen LogP contribution in [0.15, 0.2) is 67.0 Å². The van der Waals surface area contributed by atoms with Crippen molar-refractivity contribution in [3.05, 3.63) is 78.1 Å². The highest BCUT2D eigenvalue weighted by atomic mass is 16.5. The summed E-state index contributed by atoms with van der Waals surface area (Å²) in [5.74, 6) is -0.252. The number of hydrogen-bond donors (Lipinski definition) is 1. The first-order chi connectivity index (χ1) is 13.1. The third kappa shape index (κ3) is 4.27. The second-order valence-electron chi connectivity index (χ2n) is 5.69. The van der Waals surface area contributed by atoms with Gasteiger partial charge in [-0.3, -0.25) is 4.79 Å². The number of anilines is 3. The van der Waals surface area contributed by atoms with Gasteiger partial charge in [0, 0.05) is 30.8 Å². The van der Waals surface area contributed by atoms with Crippen LogP contribution in [0, 0.1) is 0 Å². The number of nitrogens with one attached hydrogen (secondary N) is 1. The van der Waals surface area contributed by atoms with E-state index in [-0.39, 0.29) is 5.91 Å². The van der Waals surface area contributed by atoms with Gasteiger partial charge in [-0.05, 0) is 36.4 Å². The van der Waals surface area contributed by atoms with Crippen molar-refractivity contribution in [1.82, 2.24) is 9.97 Å². The second kappa shape index (κ2) is 8.09. The number of hydrogen-bond acceptors (Lipinski definition) is 6. The molecule has 7 heteroatoms. The maximum absolute atomic E-state index is 12.5. The molecule has 0 atom stereocenters. The van der Waals surface area contributed by atoms with Gasteiger partial charge in [0.15, 0.2) is 0 Å². The molecular weight excluding hydrogens is 344 g/mol. The average molecular weight is 362 g/mol. The van der Waals surface area contributed by atoms with E-state index in [0.717, 1.165) is 5.69 Å². The number of rotatable bonds is 5.